The van der Waals surface area contributed by atoms with Crippen molar-refractivity contribution in [2.75, 3.05) is 12.4 Å². The summed E-state index contributed by atoms with van der Waals surface area (Å²) in [6.07, 6.45) is 3.20. The fraction of sp³-hybridized carbons (Fsp3) is 0.316. The van der Waals surface area contributed by atoms with Crippen molar-refractivity contribution >= 4 is 34.0 Å². The number of aryl methyl sites for hydroxylation is 1. The summed E-state index contributed by atoms with van der Waals surface area (Å²) in [4.78, 5) is 20.9. The van der Waals surface area contributed by atoms with E-state index in [1.165, 1.54) is 19.5 Å². The molecule has 0 radical (unpaired) electrons. The lowest BCUT2D eigenvalue weighted by Gasteiger charge is -2.30. The van der Waals surface area contributed by atoms with Gasteiger partial charge in [0.2, 0.25) is 5.13 Å². The van der Waals surface area contributed by atoms with E-state index in [0.717, 1.165) is 11.3 Å². The van der Waals surface area contributed by atoms with Gasteiger partial charge >= 0.3 is 0 Å². The molecule has 1 aliphatic carbocycles. The Kier molecular flexibility index (Phi) is 5.99. The van der Waals surface area contributed by atoms with E-state index in [2.05, 4.69) is 25.5 Å². The van der Waals surface area contributed by atoms with Crippen molar-refractivity contribution in [3.63, 3.8) is 0 Å². The van der Waals surface area contributed by atoms with Crippen LogP contribution in [0.2, 0.25) is 5.15 Å². The maximum atomic E-state index is 14.8. The molecule has 0 unspecified atom stereocenters. The number of hydrogen-bond acceptors (Lipinski definition) is 9. The number of aliphatic hydroxyl groups is 1. The van der Waals surface area contributed by atoms with Crippen molar-refractivity contribution in [1.82, 2.24) is 20.2 Å². The Morgan fingerprint density at radius 3 is 2.81 bits per heavy atom. The van der Waals surface area contributed by atoms with E-state index in [-0.39, 0.29) is 50.1 Å². The third-order valence-corrected chi connectivity index (χ3v) is 5.67. The molecule has 3 aromatic heterocycles. The SMILES string of the molecule is COc1cnc(Cl)c(F)c1-c1cc(C)ncc1C(=O)Nc1nnc(O[C@H]2C[C@@H](O)C2)s1. The molecule has 3 aromatic rings. The number of nitrogens with zero attached hydrogens (tertiary/aromatic N) is 4. The molecule has 12 heteroatoms. The number of nitrogens with one attached hydrogen (secondary N) is 1. The number of pyridine rings is 2. The first kappa shape index (κ1) is 21.3. The molecule has 3 heterocycles. The highest BCUT2D eigenvalue weighted by Crippen LogP contribution is 2.37. The highest BCUT2D eigenvalue weighted by Gasteiger charge is 2.30. The third kappa shape index (κ3) is 4.43. The second-order valence-electron chi connectivity index (χ2n) is 6.87. The number of methoxy groups -OCH3 is 1. The molecular weight excluding hydrogens is 449 g/mol. The first-order valence-corrected chi connectivity index (χ1v) is 10.4. The van der Waals surface area contributed by atoms with Crippen LogP contribution in [0.15, 0.2) is 18.5 Å². The van der Waals surface area contributed by atoms with Crippen LogP contribution >= 0.6 is 22.9 Å². The summed E-state index contributed by atoms with van der Waals surface area (Å²) in [5.74, 6) is -1.26. The Morgan fingerprint density at radius 1 is 1.32 bits per heavy atom. The second-order valence-corrected chi connectivity index (χ2v) is 8.17. The maximum Gasteiger partial charge on any atom is 0.296 e. The van der Waals surface area contributed by atoms with Gasteiger partial charge in [-0.2, -0.15) is 0 Å². The Morgan fingerprint density at radius 2 is 2.10 bits per heavy atom. The lowest BCUT2D eigenvalue weighted by Crippen LogP contribution is -2.37. The molecular formula is C19H17ClFN5O4S. The molecule has 2 N–H and O–H groups in total. The van der Waals surface area contributed by atoms with Gasteiger partial charge in [0.1, 0.15) is 11.9 Å². The van der Waals surface area contributed by atoms with Crippen molar-refractivity contribution in [3.05, 3.63) is 40.7 Å². The predicted molar refractivity (Wildman–Crippen MR) is 111 cm³/mol. The molecule has 9 nitrogen and oxygen atoms in total. The Hall–Kier alpha value is -2.89. The summed E-state index contributed by atoms with van der Waals surface area (Å²) in [7, 11) is 1.37. The number of hydrogen-bond donors (Lipinski definition) is 2. The average molecular weight is 466 g/mol. The van der Waals surface area contributed by atoms with E-state index in [9.17, 15) is 14.3 Å². The van der Waals surface area contributed by atoms with Crippen LogP contribution in [0, 0.1) is 12.7 Å². The molecule has 0 aliphatic heterocycles. The molecule has 0 aromatic carbocycles. The maximum absolute atomic E-state index is 14.8. The largest absolute Gasteiger partial charge is 0.494 e. The van der Waals surface area contributed by atoms with Gasteiger partial charge in [0.05, 0.1) is 30.5 Å². The van der Waals surface area contributed by atoms with Crippen LogP contribution in [0.3, 0.4) is 0 Å². The van der Waals surface area contributed by atoms with Crippen molar-refractivity contribution in [1.29, 1.82) is 0 Å². The first-order valence-electron chi connectivity index (χ1n) is 9.20. The molecule has 1 fully saturated rings. The Balaban J connectivity index is 1.62. The fourth-order valence-electron chi connectivity index (χ4n) is 3.05. The highest BCUT2D eigenvalue weighted by molar-refractivity contribution is 7.17. The Labute approximate surface area is 185 Å². The van der Waals surface area contributed by atoms with Crippen molar-refractivity contribution in [2.24, 2.45) is 0 Å². The quantitative estimate of drug-likeness (QED) is 0.532. The van der Waals surface area contributed by atoms with Crippen molar-refractivity contribution in [2.45, 2.75) is 32.0 Å². The van der Waals surface area contributed by atoms with E-state index in [1.54, 1.807) is 13.0 Å². The molecule has 1 aliphatic rings. The highest BCUT2D eigenvalue weighted by atomic mass is 35.5. The zero-order chi connectivity index (χ0) is 22.1. The van der Waals surface area contributed by atoms with Crippen molar-refractivity contribution in [3.8, 4) is 22.1 Å². The zero-order valence-electron chi connectivity index (χ0n) is 16.4. The molecule has 0 atom stereocenters. The number of ether oxygens (including phenoxy) is 2. The van der Waals surface area contributed by atoms with Gasteiger partial charge in [-0.05, 0) is 24.3 Å². The molecule has 162 valence electrons. The number of anilines is 1. The minimum atomic E-state index is -0.810. The molecule has 0 bridgehead atoms. The summed E-state index contributed by atoms with van der Waals surface area (Å²) in [6.45, 7) is 1.71. The van der Waals surface area contributed by atoms with E-state index in [1.807, 2.05) is 0 Å². The van der Waals surface area contributed by atoms with Crippen LogP contribution in [0.5, 0.6) is 10.9 Å². The van der Waals surface area contributed by atoms with Gasteiger partial charge in [0, 0.05) is 30.3 Å². The van der Waals surface area contributed by atoms with Gasteiger partial charge in [-0.1, -0.05) is 16.7 Å². The molecule has 31 heavy (non-hydrogen) atoms. The van der Waals surface area contributed by atoms with E-state index < -0.39 is 11.7 Å². The smallest absolute Gasteiger partial charge is 0.296 e. The first-order chi connectivity index (χ1) is 14.9. The van der Waals surface area contributed by atoms with Crippen LogP contribution in [0.4, 0.5) is 9.52 Å². The third-order valence-electron chi connectivity index (χ3n) is 4.68. The second kappa shape index (κ2) is 8.69. The van der Waals surface area contributed by atoms with Gasteiger partial charge in [-0.15, -0.1) is 5.10 Å². The molecule has 1 saturated carbocycles. The van der Waals surface area contributed by atoms with E-state index in [0.29, 0.717) is 18.5 Å². The standard InChI is InChI=1S/C19H17ClFN5O4S/c1-8-3-11(14-13(29-2)7-23-16(20)15(14)21)12(6-22-8)17(28)24-18-25-26-19(31-18)30-10-4-9(27)5-10/h3,6-7,9-10,27H,4-5H2,1-2H3,(H,24,25,28)/t9-,10+. The number of aromatic nitrogens is 4. The number of carbonyl (C=O) groups is 1. The van der Waals surface area contributed by atoms with Gasteiger partial charge in [0.15, 0.2) is 11.0 Å². The summed E-state index contributed by atoms with van der Waals surface area (Å²) in [5.41, 5.74) is 0.899. The lowest BCUT2D eigenvalue weighted by atomic mass is 9.92. The molecule has 0 spiro atoms. The van der Waals surface area contributed by atoms with Crippen LogP contribution in [0.25, 0.3) is 11.1 Å². The van der Waals surface area contributed by atoms with Crippen molar-refractivity contribution < 1.29 is 23.8 Å². The van der Waals surface area contributed by atoms with Gasteiger partial charge in [-0.3, -0.25) is 15.1 Å². The predicted octanol–water partition coefficient (Wildman–Crippen LogP) is 3.26. The van der Waals surface area contributed by atoms with Gasteiger partial charge in [-0.25, -0.2) is 9.37 Å². The van der Waals surface area contributed by atoms with E-state index in [4.69, 9.17) is 21.1 Å². The molecule has 1 amide bonds. The van der Waals surface area contributed by atoms with Crippen LogP contribution in [0.1, 0.15) is 28.9 Å². The average Bonchev–Trinajstić information content (AvgIpc) is 3.15. The zero-order valence-corrected chi connectivity index (χ0v) is 18.0. The monoisotopic (exact) mass is 465 g/mol. The summed E-state index contributed by atoms with van der Waals surface area (Å²) in [6, 6.07) is 1.56. The fourth-order valence-corrected chi connectivity index (χ4v) is 3.85. The minimum absolute atomic E-state index is 0.00276. The lowest BCUT2D eigenvalue weighted by molar-refractivity contribution is -0.0111. The number of amides is 1. The van der Waals surface area contributed by atoms with Crippen LogP contribution < -0.4 is 14.8 Å². The van der Waals surface area contributed by atoms with Gasteiger partial charge in [0.25, 0.3) is 11.1 Å². The van der Waals surface area contributed by atoms with Crippen LogP contribution in [-0.4, -0.2) is 50.5 Å². The Bertz CT molecular complexity index is 1140. The number of aliphatic hydroxyl groups excluding tert-OH is 1. The minimum Gasteiger partial charge on any atom is -0.494 e. The normalized spacial score (nSPS) is 17.7. The summed E-state index contributed by atoms with van der Waals surface area (Å²) in [5, 5.41) is 19.9. The molecule has 0 saturated heterocycles. The van der Waals surface area contributed by atoms with E-state index >= 15 is 0 Å². The molecule has 4 rings (SSSR count). The van der Waals surface area contributed by atoms with Crippen LogP contribution in [-0.2, 0) is 0 Å². The number of carbonyl (C=O) groups excluding carboxylic acids is 1. The summed E-state index contributed by atoms with van der Waals surface area (Å²) < 4.78 is 25.7. The topological polar surface area (TPSA) is 119 Å². The number of halogens is 2. The summed E-state index contributed by atoms with van der Waals surface area (Å²) >= 11 is 6.90. The van der Waals surface area contributed by atoms with Gasteiger partial charge < -0.3 is 14.6 Å². The number of rotatable bonds is 6.